The van der Waals surface area contributed by atoms with Crippen molar-refractivity contribution in [2.75, 3.05) is 39.0 Å². The number of hydrogen-bond donors (Lipinski definition) is 0. The average molecular weight is 340 g/mol. The highest BCUT2D eigenvalue weighted by Crippen LogP contribution is 2.26. The van der Waals surface area contributed by atoms with Gasteiger partial charge in [0.2, 0.25) is 10.0 Å². The first-order valence-corrected chi connectivity index (χ1v) is 9.33. The Morgan fingerprint density at radius 1 is 1.17 bits per heavy atom. The molecule has 1 aromatic carbocycles. The van der Waals surface area contributed by atoms with Crippen LogP contribution in [0.4, 0.5) is 0 Å². The quantitative estimate of drug-likeness (QED) is 0.831. The van der Waals surface area contributed by atoms with Gasteiger partial charge < -0.3 is 9.64 Å². The lowest BCUT2D eigenvalue weighted by molar-refractivity contribution is 0.0694. The van der Waals surface area contributed by atoms with Gasteiger partial charge in [-0.15, -0.1) is 0 Å². The summed E-state index contributed by atoms with van der Waals surface area (Å²) in [7, 11) is -1.64. The van der Waals surface area contributed by atoms with E-state index in [9.17, 15) is 13.2 Å². The Hall–Kier alpha value is -1.60. The van der Waals surface area contributed by atoms with Crippen LogP contribution in [0.5, 0.6) is 5.75 Å². The largest absolute Gasteiger partial charge is 0.496 e. The van der Waals surface area contributed by atoms with E-state index in [1.807, 2.05) is 26.0 Å². The summed E-state index contributed by atoms with van der Waals surface area (Å²) in [5.74, 6) is 0.551. The molecule has 1 aliphatic rings. The molecule has 1 aromatic rings. The highest BCUT2D eigenvalue weighted by atomic mass is 32.2. The van der Waals surface area contributed by atoms with Gasteiger partial charge in [0.25, 0.3) is 5.91 Å². The summed E-state index contributed by atoms with van der Waals surface area (Å²) in [6.45, 7) is 6.96. The van der Waals surface area contributed by atoms with Crippen LogP contribution in [0.1, 0.15) is 28.4 Å². The van der Waals surface area contributed by atoms with E-state index in [0.717, 1.165) is 11.1 Å². The molecule has 2 rings (SSSR count). The lowest BCUT2D eigenvalue weighted by Gasteiger charge is -2.34. The first-order valence-electron chi connectivity index (χ1n) is 7.72. The van der Waals surface area contributed by atoms with Crippen molar-refractivity contribution in [2.24, 2.45) is 0 Å². The second kappa shape index (κ2) is 6.88. The van der Waals surface area contributed by atoms with Crippen LogP contribution in [-0.2, 0) is 10.0 Å². The Labute approximate surface area is 138 Å². The minimum atomic E-state index is -3.19. The van der Waals surface area contributed by atoms with Gasteiger partial charge in [-0.1, -0.05) is 6.07 Å². The molecule has 0 atom stereocenters. The third-order valence-corrected chi connectivity index (χ3v) is 6.04. The number of piperazine rings is 1. The van der Waals surface area contributed by atoms with Crippen LogP contribution >= 0.6 is 0 Å². The van der Waals surface area contributed by atoms with Gasteiger partial charge in [0.15, 0.2) is 0 Å². The van der Waals surface area contributed by atoms with E-state index in [1.165, 1.54) is 4.31 Å². The van der Waals surface area contributed by atoms with E-state index >= 15 is 0 Å². The predicted molar refractivity (Wildman–Crippen MR) is 89.4 cm³/mol. The predicted octanol–water partition coefficient (Wildman–Crippen LogP) is 1.42. The molecule has 0 aliphatic carbocycles. The monoisotopic (exact) mass is 340 g/mol. The zero-order chi connectivity index (χ0) is 17.2. The van der Waals surface area contributed by atoms with Crippen molar-refractivity contribution in [2.45, 2.75) is 20.8 Å². The lowest BCUT2D eigenvalue weighted by Crippen LogP contribution is -2.51. The molecule has 1 fully saturated rings. The fourth-order valence-corrected chi connectivity index (χ4v) is 3.96. The Kier molecular flexibility index (Phi) is 5.31. The van der Waals surface area contributed by atoms with Gasteiger partial charge in [-0.2, -0.15) is 4.31 Å². The molecule has 0 spiro atoms. The number of amides is 1. The van der Waals surface area contributed by atoms with E-state index in [2.05, 4.69) is 0 Å². The van der Waals surface area contributed by atoms with Crippen LogP contribution in [0.3, 0.4) is 0 Å². The van der Waals surface area contributed by atoms with Gasteiger partial charge in [0.05, 0.1) is 18.4 Å². The number of nitrogens with zero attached hydrogens (tertiary/aromatic N) is 2. The number of benzene rings is 1. The summed E-state index contributed by atoms with van der Waals surface area (Å²) in [4.78, 5) is 14.5. The number of carbonyl (C=O) groups is 1. The molecule has 0 aromatic heterocycles. The second-order valence-corrected chi connectivity index (χ2v) is 8.01. The molecular formula is C16H24N2O4S. The van der Waals surface area contributed by atoms with Crippen LogP contribution in [0.25, 0.3) is 0 Å². The van der Waals surface area contributed by atoms with Crippen molar-refractivity contribution in [3.05, 3.63) is 28.8 Å². The van der Waals surface area contributed by atoms with Crippen molar-refractivity contribution in [1.29, 1.82) is 0 Å². The smallest absolute Gasteiger partial charge is 0.257 e. The number of methoxy groups -OCH3 is 1. The Morgan fingerprint density at radius 2 is 1.78 bits per heavy atom. The van der Waals surface area contributed by atoms with Crippen molar-refractivity contribution < 1.29 is 17.9 Å². The van der Waals surface area contributed by atoms with Gasteiger partial charge in [0.1, 0.15) is 5.75 Å². The van der Waals surface area contributed by atoms with Gasteiger partial charge in [-0.25, -0.2) is 8.42 Å². The first kappa shape index (κ1) is 17.7. The van der Waals surface area contributed by atoms with E-state index in [0.29, 0.717) is 37.5 Å². The molecule has 6 nitrogen and oxygen atoms in total. The maximum absolute atomic E-state index is 12.8. The second-order valence-electron chi connectivity index (χ2n) is 5.75. The average Bonchev–Trinajstić information content (AvgIpc) is 2.53. The fourth-order valence-electron chi connectivity index (χ4n) is 2.87. The van der Waals surface area contributed by atoms with Crippen molar-refractivity contribution >= 4 is 15.9 Å². The standard InChI is InChI=1S/C16H24N2O4S/c1-5-23(20,21)18-8-6-17(7-9-18)16(19)15-13(3)10-12(2)11-14(15)22-4/h10-11H,5-9H2,1-4H3. The molecular weight excluding hydrogens is 316 g/mol. The highest BCUT2D eigenvalue weighted by molar-refractivity contribution is 7.89. The number of aryl methyl sites for hydroxylation is 2. The summed E-state index contributed by atoms with van der Waals surface area (Å²) in [6.07, 6.45) is 0. The van der Waals surface area contributed by atoms with E-state index < -0.39 is 10.0 Å². The van der Waals surface area contributed by atoms with Gasteiger partial charge in [0, 0.05) is 26.2 Å². The van der Waals surface area contributed by atoms with E-state index in [4.69, 9.17) is 4.74 Å². The first-order chi connectivity index (χ1) is 10.8. The van der Waals surface area contributed by atoms with Crippen molar-refractivity contribution in [3.63, 3.8) is 0 Å². The summed E-state index contributed by atoms with van der Waals surface area (Å²) >= 11 is 0. The molecule has 7 heteroatoms. The van der Waals surface area contributed by atoms with Crippen LogP contribution in [0, 0.1) is 13.8 Å². The topological polar surface area (TPSA) is 66.9 Å². The van der Waals surface area contributed by atoms with Crippen molar-refractivity contribution in [1.82, 2.24) is 9.21 Å². The Morgan fingerprint density at radius 3 is 2.30 bits per heavy atom. The molecule has 0 bridgehead atoms. The number of ether oxygens (including phenoxy) is 1. The molecule has 23 heavy (non-hydrogen) atoms. The molecule has 1 saturated heterocycles. The summed E-state index contributed by atoms with van der Waals surface area (Å²) < 4.78 is 30.6. The summed E-state index contributed by atoms with van der Waals surface area (Å²) in [5.41, 5.74) is 2.47. The SMILES string of the molecule is CCS(=O)(=O)N1CCN(C(=O)c2c(C)cc(C)cc2OC)CC1. The lowest BCUT2D eigenvalue weighted by atomic mass is 10.0. The third-order valence-electron chi connectivity index (χ3n) is 4.16. The van der Waals surface area contributed by atoms with Crippen LogP contribution in [0.15, 0.2) is 12.1 Å². The summed E-state index contributed by atoms with van der Waals surface area (Å²) in [5, 5.41) is 0. The van der Waals surface area contributed by atoms with E-state index in [-0.39, 0.29) is 11.7 Å². The van der Waals surface area contributed by atoms with E-state index in [1.54, 1.807) is 18.9 Å². The Bertz CT molecular complexity index is 692. The van der Waals surface area contributed by atoms with Crippen molar-refractivity contribution in [3.8, 4) is 5.75 Å². The number of carbonyl (C=O) groups excluding carboxylic acids is 1. The maximum Gasteiger partial charge on any atom is 0.257 e. The number of hydrogen-bond acceptors (Lipinski definition) is 4. The zero-order valence-corrected chi connectivity index (χ0v) is 14.9. The van der Waals surface area contributed by atoms with Gasteiger partial charge in [-0.05, 0) is 38.0 Å². The maximum atomic E-state index is 12.8. The van der Waals surface area contributed by atoms with Gasteiger partial charge >= 0.3 is 0 Å². The molecule has 0 unspecified atom stereocenters. The molecule has 0 radical (unpaired) electrons. The van der Waals surface area contributed by atoms with Gasteiger partial charge in [-0.3, -0.25) is 4.79 Å². The normalized spacial score (nSPS) is 16.4. The molecule has 1 amide bonds. The number of sulfonamides is 1. The highest BCUT2D eigenvalue weighted by Gasteiger charge is 2.29. The van der Waals surface area contributed by atoms with Crippen LogP contribution < -0.4 is 4.74 Å². The Balaban J connectivity index is 2.18. The number of rotatable bonds is 4. The van der Waals surface area contributed by atoms with Crippen LogP contribution in [0.2, 0.25) is 0 Å². The molecule has 0 N–H and O–H groups in total. The zero-order valence-electron chi connectivity index (χ0n) is 14.1. The molecule has 1 aliphatic heterocycles. The minimum absolute atomic E-state index is 0.0891. The summed E-state index contributed by atoms with van der Waals surface area (Å²) in [6, 6.07) is 3.80. The fraction of sp³-hybridized carbons (Fsp3) is 0.562. The minimum Gasteiger partial charge on any atom is -0.496 e. The van der Waals surface area contributed by atoms with Crippen LogP contribution in [-0.4, -0.2) is 62.6 Å². The molecule has 0 saturated carbocycles. The molecule has 1 heterocycles. The third kappa shape index (κ3) is 3.67. The molecule has 128 valence electrons.